The van der Waals surface area contributed by atoms with E-state index in [4.69, 9.17) is 0 Å². The molecule has 0 spiro atoms. The third kappa shape index (κ3) is 2.13. The molecule has 2 heterocycles. The molecule has 1 atom stereocenters. The molecule has 1 unspecified atom stereocenters. The van der Waals surface area contributed by atoms with Crippen LogP contribution in [0.4, 0.5) is 5.69 Å². The van der Waals surface area contributed by atoms with Crippen LogP contribution >= 0.6 is 0 Å². The zero-order valence-corrected chi connectivity index (χ0v) is 11.4. The van der Waals surface area contributed by atoms with Crippen LogP contribution in [-0.4, -0.2) is 27.4 Å². The van der Waals surface area contributed by atoms with Crippen LogP contribution in [0.5, 0.6) is 0 Å². The molecule has 1 fully saturated rings. The Kier molecular flexibility index (Phi) is 2.93. The van der Waals surface area contributed by atoms with E-state index < -0.39 is 6.04 Å². The van der Waals surface area contributed by atoms with Crippen molar-refractivity contribution in [2.24, 2.45) is 7.05 Å². The molecule has 104 valence electrons. The van der Waals surface area contributed by atoms with Gasteiger partial charge in [0.25, 0.3) is 0 Å². The van der Waals surface area contributed by atoms with Crippen LogP contribution in [0.1, 0.15) is 18.7 Å². The Hall–Kier alpha value is -2.37. The summed E-state index contributed by atoms with van der Waals surface area (Å²) in [5.41, 5.74) is 2.56. The van der Waals surface area contributed by atoms with Crippen LogP contribution in [0.25, 0.3) is 11.0 Å². The quantitative estimate of drug-likeness (QED) is 0.859. The van der Waals surface area contributed by atoms with E-state index in [1.807, 2.05) is 36.7 Å². The number of hydrogen-bond acceptors (Lipinski definition) is 3. The zero-order chi connectivity index (χ0) is 14.3. The first-order valence-corrected chi connectivity index (χ1v) is 6.58. The van der Waals surface area contributed by atoms with E-state index in [-0.39, 0.29) is 11.8 Å². The van der Waals surface area contributed by atoms with Gasteiger partial charge < -0.3 is 15.2 Å². The number of anilines is 1. The summed E-state index contributed by atoms with van der Waals surface area (Å²) in [5, 5.41) is 5.48. The SMILES string of the molecule is Cc1nc2cc(NC(=O)C3CCC(=O)N3)ccc2n1C. The smallest absolute Gasteiger partial charge is 0.246 e. The molecule has 0 aliphatic carbocycles. The fourth-order valence-electron chi connectivity index (χ4n) is 2.44. The summed E-state index contributed by atoms with van der Waals surface area (Å²) in [5.74, 6) is 0.676. The lowest BCUT2D eigenvalue weighted by atomic mass is 10.2. The monoisotopic (exact) mass is 272 g/mol. The lowest BCUT2D eigenvalue weighted by Crippen LogP contribution is -2.37. The summed E-state index contributed by atoms with van der Waals surface area (Å²) in [6.07, 6.45) is 0.964. The van der Waals surface area contributed by atoms with Gasteiger partial charge in [-0.25, -0.2) is 4.98 Å². The van der Waals surface area contributed by atoms with Gasteiger partial charge in [-0.1, -0.05) is 0 Å². The molecule has 2 amide bonds. The highest BCUT2D eigenvalue weighted by molar-refractivity contribution is 5.99. The van der Waals surface area contributed by atoms with Crippen molar-refractivity contribution in [2.45, 2.75) is 25.8 Å². The molecular formula is C14H16N4O2. The van der Waals surface area contributed by atoms with Crippen molar-refractivity contribution in [2.75, 3.05) is 5.32 Å². The largest absolute Gasteiger partial charge is 0.344 e. The molecule has 1 aliphatic heterocycles. The molecule has 2 aromatic rings. The van der Waals surface area contributed by atoms with Gasteiger partial charge in [-0.05, 0) is 31.5 Å². The topological polar surface area (TPSA) is 76.0 Å². The molecular weight excluding hydrogens is 256 g/mol. The van der Waals surface area contributed by atoms with E-state index in [1.165, 1.54) is 0 Å². The van der Waals surface area contributed by atoms with E-state index in [0.29, 0.717) is 18.5 Å². The normalized spacial score (nSPS) is 18.3. The molecule has 6 nitrogen and oxygen atoms in total. The first kappa shape index (κ1) is 12.7. The molecule has 3 rings (SSSR count). The first-order chi connectivity index (χ1) is 9.54. The second-order valence-electron chi connectivity index (χ2n) is 5.07. The second-order valence-corrected chi connectivity index (χ2v) is 5.07. The summed E-state index contributed by atoms with van der Waals surface area (Å²) in [6.45, 7) is 1.94. The van der Waals surface area contributed by atoms with Gasteiger partial charge >= 0.3 is 0 Å². The molecule has 0 saturated carbocycles. The number of benzene rings is 1. The van der Waals surface area contributed by atoms with Gasteiger partial charge in [0.05, 0.1) is 11.0 Å². The maximum atomic E-state index is 12.0. The van der Waals surface area contributed by atoms with Crippen LogP contribution in [-0.2, 0) is 16.6 Å². The Bertz CT molecular complexity index is 705. The van der Waals surface area contributed by atoms with Crippen molar-refractivity contribution >= 4 is 28.5 Å². The highest BCUT2D eigenvalue weighted by Gasteiger charge is 2.27. The van der Waals surface area contributed by atoms with Crippen LogP contribution in [0.2, 0.25) is 0 Å². The van der Waals surface area contributed by atoms with E-state index in [0.717, 1.165) is 16.9 Å². The average molecular weight is 272 g/mol. The van der Waals surface area contributed by atoms with Crippen molar-refractivity contribution < 1.29 is 9.59 Å². The number of amides is 2. The van der Waals surface area contributed by atoms with Crippen LogP contribution < -0.4 is 10.6 Å². The predicted octanol–water partition coefficient (Wildman–Crippen LogP) is 1.10. The fourth-order valence-corrected chi connectivity index (χ4v) is 2.44. The van der Waals surface area contributed by atoms with Crippen LogP contribution in [0, 0.1) is 6.92 Å². The van der Waals surface area contributed by atoms with Crippen LogP contribution in [0.15, 0.2) is 18.2 Å². The van der Waals surface area contributed by atoms with Gasteiger partial charge in [0.2, 0.25) is 11.8 Å². The number of nitrogens with zero attached hydrogens (tertiary/aromatic N) is 2. The van der Waals surface area contributed by atoms with Gasteiger partial charge in [-0.2, -0.15) is 0 Å². The Labute approximate surface area is 116 Å². The van der Waals surface area contributed by atoms with Gasteiger partial charge in [-0.3, -0.25) is 9.59 Å². The highest BCUT2D eigenvalue weighted by Crippen LogP contribution is 2.20. The van der Waals surface area contributed by atoms with Gasteiger partial charge in [-0.15, -0.1) is 0 Å². The number of rotatable bonds is 2. The third-order valence-corrected chi connectivity index (χ3v) is 3.68. The van der Waals surface area contributed by atoms with Gasteiger partial charge in [0.1, 0.15) is 11.9 Å². The van der Waals surface area contributed by atoms with E-state index in [2.05, 4.69) is 15.6 Å². The molecule has 1 aromatic heterocycles. The minimum atomic E-state index is -0.427. The molecule has 6 heteroatoms. The van der Waals surface area contributed by atoms with Crippen LogP contribution in [0.3, 0.4) is 0 Å². The van der Waals surface area contributed by atoms with E-state index in [9.17, 15) is 9.59 Å². The minimum absolute atomic E-state index is 0.0686. The molecule has 0 radical (unpaired) electrons. The summed E-state index contributed by atoms with van der Waals surface area (Å²) in [6, 6.07) is 5.19. The molecule has 1 aromatic carbocycles. The maximum Gasteiger partial charge on any atom is 0.246 e. The van der Waals surface area contributed by atoms with Crippen molar-refractivity contribution in [3.8, 4) is 0 Å². The molecule has 20 heavy (non-hydrogen) atoms. The van der Waals surface area contributed by atoms with Crippen molar-refractivity contribution in [1.29, 1.82) is 0 Å². The summed E-state index contributed by atoms with van der Waals surface area (Å²) >= 11 is 0. The third-order valence-electron chi connectivity index (χ3n) is 3.68. The second kappa shape index (κ2) is 4.63. The number of imidazole rings is 1. The number of fused-ring (bicyclic) bond motifs is 1. The lowest BCUT2D eigenvalue weighted by Gasteiger charge is -2.10. The average Bonchev–Trinajstić information content (AvgIpc) is 2.95. The van der Waals surface area contributed by atoms with Gasteiger partial charge in [0.15, 0.2) is 0 Å². The number of carbonyl (C=O) groups is 2. The predicted molar refractivity (Wildman–Crippen MR) is 75.2 cm³/mol. The Morgan fingerprint density at radius 2 is 2.30 bits per heavy atom. The summed E-state index contributed by atoms with van der Waals surface area (Å²) in [7, 11) is 1.96. The molecule has 0 bridgehead atoms. The number of carbonyl (C=O) groups excluding carboxylic acids is 2. The summed E-state index contributed by atoms with van der Waals surface area (Å²) in [4.78, 5) is 27.6. The maximum absolute atomic E-state index is 12.0. The van der Waals surface area contributed by atoms with E-state index >= 15 is 0 Å². The number of aryl methyl sites for hydroxylation is 2. The van der Waals surface area contributed by atoms with E-state index in [1.54, 1.807) is 0 Å². The number of hydrogen-bond donors (Lipinski definition) is 2. The van der Waals surface area contributed by atoms with Crippen molar-refractivity contribution in [1.82, 2.24) is 14.9 Å². The Morgan fingerprint density at radius 3 is 3.00 bits per heavy atom. The molecule has 1 saturated heterocycles. The van der Waals surface area contributed by atoms with Gasteiger partial charge in [0, 0.05) is 19.2 Å². The number of nitrogens with one attached hydrogen (secondary N) is 2. The number of aromatic nitrogens is 2. The summed E-state index contributed by atoms with van der Waals surface area (Å²) < 4.78 is 2.00. The zero-order valence-electron chi connectivity index (χ0n) is 11.4. The Morgan fingerprint density at radius 1 is 1.50 bits per heavy atom. The Balaban J connectivity index is 1.80. The first-order valence-electron chi connectivity index (χ1n) is 6.58. The highest BCUT2D eigenvalue weighted by atomic mass is 16.2. The molecule has 2 N–H and O–H groups in total. The van der Waals surface area contributed by atoms with Crippen molar-refractivity contribution in [3.05, 3.63) is 24.0 Å². The fraction of sp³-hybridized carbons (Fsp3) is 0.357. The van der Waals surface area contributed by atoms with Crippen molar-refractivity contribution in [3.63, 3.8) is 0 Å². The standard InChI is InChI=1S/C14H16N4O2/c1-8-15-11-7-9(3-5-12(11)18(8)2)16-14(20)10-4-6-13(19)17-10/h3,5,7,10H,4,6H2,1-2H3,(H,16,20)(H,17,19). The lowest BCUT2D eigenvalue weighted by molar-refractivity contribution is -0.122. The minimum Gasteiger partial charge on any atom is -0.344 e. The molecule has 1 aliphatic rings.